The van der Waals surface area contributed by atoms with Crippen LogP contribution in [-0.2, 0) is 7.05 Å². The van der Waals surface area contributed by atoms with E-state index in [1.165, 1.54) is 6.33 Å². The van der Waals surface area contributed by atoms with Crippen LogP contribution in [0.25, 0.3) is 0 Å². The molecule has 1 saturated heterocycles. The predicted octanol–water partition coefficient (Wildman–Crippen LogP) is 0.126. The second-order valence-corrected chi connectivity index (χ2v) is 3.98. The highest BCUT2D eigenvalue weighted by molar-refractivity contribution is 5.55. The molecule has 0 radical (unpaired) electrons. The van der Waals surface area contributed by atoms with Crippen molar-refractivity contribution in [2.75, 3.05) is 25.0 Å². The van der Waals surface area contributed by atoms with Gasteiger partial charge >= 0.3 is 5.82 Å². The Balaban J connectivity index is 2.26. The topological polar surface area (TPSA) is 76.2 Å². The molecule has 7 heteroatoms. The van der Waals surface area contributed by atoms with E-state index in [-0.39, 0.29) is 5.82 Å². The average molecular weight is 225 g/mol. The van der Waals surface area contributed by atoms with E-state index in [4.69, 9.17) is 0 Å². The van der Waals surface area contributed by atoms with Crippen molar-refractivity contribution in [3.63, 3.8) is 0 Å². The summed E-state index contributed by atoms with van der Waals surface area (Å²) < 4.78 is 1.70. The molecule has 7 nitrogen and oxygen atoms in total. The van der Waals surface area contributed by atoms with E-state index in [9.17, 15) is 10.1 Å². The zero-order valence-corrected chi connectivity index (χ0v) is 9.38. The Morgan fingerprint density at radius 2 is 2.44 bits per heavy atom. The summed E-state index contributed by atoms with van der Waals surface area (Å²) in [5.41, 5.74) is 0. The molecular weight excluding hydrogens is 210 g/mol. The van der Waals surface area contributed by atoms with Crippen LogP contribution in [0.5, 0.6) is 0 Å². The fourth-order valence-corrected chi connectivity index (χ4v) is 2.09. The molecular formula is C9H15N5O2. The smallest absolute Gasteiger partial charge is 0.358 e. The van der Waals surface area contributed by atoms with E-state index in [2.05, 4.69) is 10.3 Å². The van der Waals surface area contributed by atoms with Crippen LogP contribution in [0.15, 0.2) is 6.33 Å². The van der Waals surface area contributed by atoms with Gasteiger partial charge in [-0.1, -0.05) is 0 Å². The van der Waals surface area contributed by atoms with Crippen molar-refractivity contribution in [1.29, 1.82) is 0 Å². The fraction of sp³-hybridized carbons (Fsp3) is 0.667. The number of hydrogen-bond donors (Lipinski definition) is 1. The number of likely N-dealkylation sites (N-methyl/N-ethyl adjacent to an activating group) is 1. The van der Waals surface area contributed by atoms with Crippen molar-refractivity contribution in [2.24, 2.45) is 7.05 Å². The van der Waals surface area contributed by atoms with Crippen LogP contribution in [0.3, 0.4) is 0 Å². The Kier molecular flexibility index (Phi) is 2.78. The van der Waals surface area contributed by atoms with Crippen molar-refractivity contribution >= 4 is 11.6 Å². The average Bonchev–Trinajstić information content (AvgIpc) is 2.83. The van der Waals surface area contributed by atoms with Crippen LogP contribution < -0.4 is 10.2 Å². The first-order valence-corrected chi connectivity index (χ1v) is 5.21. The van der Waals surface area contributed by atoms with Crippen molar-refractivity contribution in [2.45, 2.75) is 12.5 Å². The number of hydrogen-bond acceptors (Lipinski definition) is 5. The third kappa shape index (κ3) is 1.73. The van der Waals surface area contributed by atoms with Gasteiger partial charge in [-0.2, -0.15) is 0 Å². The molecule has 0 aliphatic carbocycles. The van der Waals surface area contributed by atoms with E-state index >= 15 is 0 Å². The van der Waals surface area contributed by atoms with E-state index in [1.807, 2.05) is 11.9 Å². The lowest BCUT2D eigenvalue weighted by Gasteiger charge is -2.17. The molecule has 0 bridgehead atoms. The minimum absolute atomic E-state index is 0.0562. The number of nitrogens with one attached hydrogen (secondary N) is 1. The first kappa shape index (κ1) is 10.9. The molecule has 1 N–H and O–H groups in total. The zero-order chi connectivity index (χ0) is 11.7. The molecule has 2 heterocycles. The van der Waals surface area contributed by atoms with Crippen molar-refractivity contribution < 1.29 is 4.92 Å². The van der Waals surface area contributed by atoms with Gasteiger partial charge in [0.15, 0.2) is 0 Å². The normalized spacial score (nSPS) is 20.4. The molecule has 1 atom stereocenters. The third-order valence-electron chi connectivity index (χ3n) is 2.96. The molecule has 0 saturated carbocycles. The van der Waals surface area contributed by atoms with Crippen LogP contribution >= 0.6 is 0 Å². The molecule has 0 amide bonds. The summed E-state index contributed by atoms with van der Waals surface area (Å²) in [5.74, 6) is 0.544. The Morgan fingerprint density at radius 3 is 3.00 bits per heavy atom. The zero-order valence-electron chi connectivity index (χ0n) is 9.38. The van der Waals surface area contributed by atoms with Crippen molar-refractivity contribution in [3.05, 3.63) is 16.4 Å². The van der Waals surface area contributed by atoms with Gasteiger partial charge in [-0.15, -0.1) is 0 Å². The Labute approximate surface area is 93.2 Å². The lowest BCUT2D eigenvalue weighted by Crippen LogP contribution is -2.30. The Hall–Kier alpha value is -1.63. The van der Waals surface area contributed by atoms with Gasteiger partial charge in [0.05, 0.1) is 0 Å². The summed E-state index contributed by atoms with van der Waals surface area (Å²) in [5, 5.41) is 14.0. The summed E-state index contributed by atoms with van der Waals surface area (Å²) in [4.78, 5) is 16.2. The highest BCUT2D eigenvalue weighted by Crippen LogP contribution is 2.28. The Bertz CT molecular complexity index is 403. The largest absolute Gasteiger partial charge is 0.406 e. The van der Waals surface area contributed by atoms with E-state index in [1.54, 1.807) is 11.6 Å². The summed E-state index contributed by atoms with van der Waals surface area (Å²) in [6, 6.07) is 0.398. The van der Waals surface area contributed by atoms with Gasteiger partial charge < -0.3 is 20.3 Å². The number of nitro groups is 1. The molecule has 1 unspecified atom stereocenters. The van der Waals surface area contributed by atoms with Gasteiger partial charge in [0, 0.05) is 26.2 Å². The maximum atomic E-state index is 10.8. The molecule has 2 rings (SSSR count). The fourth-order valence-electron chi connectivity index (χ4n) is 2.09. The molecule has 88 valence electrons. The summed E-state index contributed by atoms with van der Waals surface area (Å²) in [6.07, 6.45) is 2.49. The van der Waals surface area contributed by atoms with Crippen LogP contribution in [0, 0.1) is 10.1 Å². The van der Waals surface area contributed by atoms with E-state index in [0.717, 1.165) is 19.5 Å². The lowest BCUT2D eigenvalue weighted by atomic mass is 10.3. The molecule has 1 aromatic rings. The number of rotatable bonds is 3. The van der Waals surface area contributed by atoms with Crippen LogP contribution in [0.1, 0.15) is 6.42 Å². The maximum Gasteiger partial charge on any atom is 0.406 e. The minimum atomic E-state index is -0.429. The molecule has 16 heavy (non-hydrogen) atoms. The van der Waals surface area contributed by atoms with Crippen LogP contribution in [-0.4, -0.2) is 40.7 Å². The number of anilines is 1. The van der Waals surface area contributed by atoms with Gasteiger partial charge in [0.1, 0.15) is 0 Å². The van der Waals surface area contributed by atoms with Crippen molar-refractivity contribution in [1.82, 2.24) is 14.9 Å². The molecule has 0 spiro atoms. The SMILES string of the molecule is CNC1CCN(c2c([N+](=O)[O-])ncn2C)C1. The highest BCUT2D eigenvalue weighted by atomic mass is 16.6. The summed E-state index contributed by atoms with van der Waals surface area (Å²) in [7, 11) is 3.69. The quantitative estimate of drug-likeness (QED) is 0.584. The van der Waals surface area contributed by atoms with E-state index < -0.39 is 4.92 Å². The van der Waals surface area contributed by atoms with Crippen LogP contribution in [0.4, 0.5) is 11.6 Å². The predicted molar refractivity (Wildman–Crippen MR) is 59.5 cm³/mol. The maximum absolute atomic E-state index is 10.8. The number of nitrogens with zero attached hydrogens (tertiary/aromatic N) is 4. The van der Waals surface area contributed by atoms with Gasteiger partial charge in [0.2, 0.25) is 12.1 Å². The third-order valence-corrected chi connectivity index (χ3v) is 2.96. The van der Waals surface area contributed by atoms with Crippen LogP contribution in [0.2, 0.25) is 0 Å². The van der Waals surface area contributed by atoms with Gasteiger partial charge in [-0.05, 0) is 23.4 Å². The standard InChI is InChI=1S/C9H15N5O2/c1-10-7-3-4-13(5-7)9-8(14(15)16)11-6-12(9)2/h6-7,10H,3-5H2,1-2H3. The number of aromatic nitrogens is 2. The second-order valence-electron chi connectivity index (χ2n) is 3.98. The molecule has 1 aliphatic heterocycles. The number of aryl methyl sites for hydroxylation is 1. The Morgan fingerprint density at radius 1 is 1.69 bits per heavy atom. The second kappa shape index (κ2) is 4.09. The van der Waals surface area contributed by atoms with Gasteiger partial charge in [-0.25, -0.2) is 0 Å². The first-order chi connectivity index (χ1) is 7.63. The highest BCUT2D eigenvalue weighted by Gasteiger charge is 2.30. The monoisotopic (exact) mass is 225 g/mol. The molecule has 1 fully saturated rings. The minimum Gasteiger partial charge on any atom is -0.358 e. The summed E-state index contributed by atoms with van der Waals surface area (Å²) in [6.45, 7) is 1.61. The first-order valence-electron chi connectivity index (χ1n) is 5.21. The number of imidazole rings is 1. The van der Waals surface area contributed by atoms with Crippen molar-refractivity contribution in [3.8, 4) is 0 Å². The van der Waals surface area contributed by atoms with E-state index in [0.29, 0.717) is 11.9 Å². The lowest BCUT2D eigenvalue weighted by molar-refractivity contribution is -0.388. The molecule has 1 aromatic heterocycles. The molecule has 1 aliphatic rings. The summed E-state index contributed by atoms with van der Waals surface area (Å²) >= 11 is 0. The van der Waals surface area contributed by atoms with Gasteiger partial charge in [-0.3, -0.25) is 4.57 Å². The van der Waals surface area contributed by atoms with Gasteiger partial charge in [0.25, 0.3) is 0 Å². The molecule has 0 aromatic carbocycles.